The summed E-state index contributed by atoms with van der Waals surface area (Å²) in [7, 11) is 0. The minimum Gasteiger partial charge on any atom is -0.380 e. The lowest BCUT2D eigenvalue weighted by Gasteiger charge is -2.28. The highest BCUT2D eigenvalue weighted by atomic mass is 14.9. The highest BCUT2D eigenvalue weighted by Crippen LogP contribution is 2.26. The van der Waals surface area contributed by atoms with Gasteiger partial charge >= 0.3 is 0 Å². The smallest absolute Gasteiger partial charge is 0.0727 e. The highest BCUT2D eigenvalue weighted by molar-refractivity contribution is 5.45. The first-order chi connectivity index (χ1) is 6.29. The van der Waals surface area contributed by atoms with Gasteiger partial charge < -0.3 is 5.32 Å². The topological polar surface area (TPSA) is 12.0 Å². The Bertz CT molecular complexity index is 316. The Morgan fingerprint density at radius 1 is 1.23 bits per heavy atom. The van der Waals surface area contributed by atoms with E-state index in [9.17, 15) is 0 Å². The van der Waals surface area contributed by atoms with Crippen molar-refractivity contribution in [3.8, 4) is 0 Å². The lowest BCUT2D eigenvalue weighted by Crippen LogP contribution is -2.33. The van der Waals surface area contributed by atoms with E-state index in [2.05, 4.69) is 49.5 Å². The summed E-state index contributed by atoms with van der Waals surface area (Å²) in [4.78, 5) is 0. The molecular weight excluding hydrogens is 158 g/mol. The zero-order valence-corrected chi connectivity index (χ0v) is 8.12. The first kappa shape index (κ1) is 8.36. The molecule has 0 radical (unpaired) electrons. The number of fused-ring (bicyclic) bond motifs is 1. The van der Waals surface area contributed by atoms with Gasteiger partial charge in [0.25, 0.3) is 0 Å². The van der Waals surface area contributed by atoms with Crippen molar-refractivity contribution in [1.82, 2.24) is 5.32 Å². The van der Waals surface area contributed by atoms with Gasteiger partial charge in [0.1, 0.15) is 0 Å². The Kier molecular flexibility index (Phi) is 2.09. The van der Waals surface area contributed by atoms with Gasteiger partial charge in [0.05, 0.1) is 6.04 Å². The van der Waals surface area contributed by atoms with Crippen LogP contribution in [0.25, 0.3) is 0 Å². The molecule has 0 saturated carbocycles. The van der Waals surface area contributed by atoms with Crippen LogP contribution in [0, 0.1) is 5.92 Å². The van der Waals surface area contributed by atoms with Gasteiger partial charge in [-0.25, -0.2) is 0 Å². The first-order valence-corrected chi connectivity index (χ1v) is 4.80. The minimum atomic E-state index is 0.412. The predicted octanol–water partition coefficient (Wildman–Crippen LogP) is 2.55. The van der Waals surface area contributed by atoms with Crippen molar-refractivity contribution in [3.63, 3.8) is 0 Å². The van der Waals surface area contributed by atoms with Crippen molar-refractivity contribution >= 4 is 0 Å². The number of hydrogen-bond acceptors (Lipinski definition) is 1. The summed E-state index contributed by atoms with van der Waals surface area (Å²) < 4.78 is 0. The Hall–Kier alpha value is -1.24. The monoisotopic (exact) mass is 173 g/mol. The third kappa shape index (κ3) is 1.46. The minimum absolute atomic E-state index is 0.412. The van der Waals surface area contributed by atoms with Crippen molar-refractivity contribution in [1.29, 1.82) is 0 Å². The molecule has 1 heteroatoms. The molecule has 0 spiro atoms. The van der Waals surface area contributed by atoms with Crippen LogP contribution < -0.4 is 5.32 Å². The first-order valence-electron chi connectivity index (χ1n) is 4.80. The predicted molar refractivity (Wildman–Crippen MR) is 56.2 cm³/mol. The van der Waals surface area contributed by atoms with Crippen molar-refractivity contribution in [3.05, 3.63) is 47.7 Å². The van der Waals surface area contributed by atoms with E-state index in [1.54, 1.807) is 0 Å². The summed E-state index contributed by atoms with van der Waals surface area (Å²) in [5.74, 6) is 0.609. The van der Waals surface area contributed by atoms with E-state index in [-0.39, 0.29) is 0 Å². The average Bonchev–Trinajstić information content (AvgIpc) is 2.17. The normalized spacial score (nSPS) is 25.0. The van der Waals surface area contributed by atoms with Gasteiger partial charge in [-0.15, -0.1) is 0 Å². The molecule has 0 aromatic carbocycles. The van der Waals surface area contributed by atoms with Crippen LogP contribution in [0.1, 0.15) is 13.8 Å². The molecule has 0 amide bonds. The van der Waals surface area contributed by atoms with Crippen molar-refractivity contribution in [2.45, 2.75) is 19.9 Å². The van der Waals surface area contributed by atoms with Crippen LogP contribution >= 0.6 is 0 Å². The van der Waals surface area contributed by atoms with Crippen molar-refractivity contribution < 1.29 is 0 Å². The van der Waals surface area contributed by atoms with E-state index in [0.717, 1.165) is 0 Å². The molecule has 2 aliphatic rings. The zero-order chi connectivity index (χ0) is 9.26. The van der Waals surface area contributed by atoms with Gasteiger partial charge in [-0.1, -0.05) is 38.2 Å². The Morgan fingerprint density at radius 3 is 2.85 bits per heavy atom. The molecule has 0 aromatic rings. The number of dihydropyridines is 1. The molecule has 0 fully saturated rings. The van der Waals surface area contributed by atoms with Crippen molar-refractivity contribution in [2.24, 2.45) is 5.92 Å². The number of allylic oxidation sites excluding steroid dienone is 4. The van der Waals surface area contributed by atoms with Crippen LogP contribution in [-0.4, -0.2) is 6.04 Å². The fourth-order valence-corrected chi connectivity index (χ4v) is 1.84. The molecule has 1 atom stereocenters. The maximum Gasteiger partial charge on any atom is 0.0727 e. The molecule has 1 nitrogen and oxygen atoms in total. The molecule has 0 aromatic heterocycles. The largest absolute Gasteiger partial charge is 0.380 e. The average molecular weight is 173 g/mol. The highest BCUT2D eigenvalue weighted by Gasteiger charge is 2.21. The third-order valence-corrected chi connectivity index (χ3v) is 2.56. The quantitative estimate of drug-likeness (QED) is 0.642. The Morgan fingerprint density at radius 2 is 2.08 bits per heavy atom. The molecule has 1 aliphatic heterocycles. The summed E-state index contributed by atoms with van der Waals surface area (Å²) in [6.45, 7) is 4.48. The number of rotatable bonds is 1. The van der Waals surface area contributed by atoms with E-state index in [0.29, 0.717) is 12.0 Å². The van der Waals surface area contributed by atoms with Crippen LogP contribution in [0.5, 0.6) is 0 Å². The molecule has 2 rings (SSSR count). The lowest BCUT2D eigenvalue weighted by molar-refractivity contribution is 0.636. The summed E-state index contributed by atoms with van der Waals surface area (Å²) in [5.41, 5.74) is 2.84. The van der Waals surface area contributed by atoms with Crippen LogP contribution in [0.2, 0.25) is 0 Å². The molecule has 1 N–H and O–H groups in total. The SMILES string of the molecule is CC(C)C1=CC=CC2=CC=CNC21. The molecule has 1 heterocycles. The van der Waals surface area contributed by atoms with Crippen LogP contribution in [0.4, 0.5) is 0 Å². The fraction of sp³-hybridized carbons (Fsp3) is 0.333. The van der Waals surface area contributed by atoms with E-state index < -0.39 is 0 Å². The second-order valence-corrected chi connectivity index (χ2v) is 3.81. The van der Waals surface area contributed by atoms with Crippen LogP contribution in [-0.2, 0) is 0 Å². The second kappa shape index (κ2) is 3.25. The van der Waals surface area contributed by atoms with Crippen molar-refractivity contribution in [2.75, 3.05) is 0 Å². The Balaban J connectivity index is 2.32. The van der Waals surface area contributed by atoms with E-state index in [1.807, 2.05) is 6.20 Å². The number of hydrogen-bond donors (Lipinski definition) is 1. The summed E-state index contributed by atoms with van der Waals surface area (Å²) in [5, 5.41) is 3.38. The molecular formula is C12H15N. The molecule has 1 aliphatic carbocycles. The molecule has 0 bridgehead atoms. The Labute approximate surface area is 79.5 Å². The fourth-order valence-electron chi connectivity index (χ4n) is 1.84. The van der Waals surface area contributed by atoms with Gasteiger partial charge in [0.15, 0.2) is 0 Å². The van der Waals surface area contributed by atoms with Crippen LogP contribution in [0.15, 0.2) is 47.7 Å². The van der Waals surface area contributed by atoms with Gasteiger partial charge in [-0.3, -0.25) is 0 Å². The molecule has 13 heavy (non-hydrogen) atoms. The standard InChI is InChI=1S/C12H15N/c1-9(2)11-7-3-5-10-6-4-8-13-12(10)11/h3-9,12-13H,1-2H3. The van der Waals surface area contributed by atoms with Gasteiger partial charge in [0.2, 0.25) is 0 Å². The van der Waals surface area contributed by atoms with Gasteiger partial charge in [0, 0.05) is 0 Å². The van der Waals surface area contributed by atoms with E-state index in [1.165, 1.54) is 11.1 Å². The van der Waals surface area contributed by atoms with Gasteiger partial charge in [-0.05, 0) is 29.3 Å². The zero-order valence-electron chi connectivity index (χ0n) is 8.12. The molecule has 0 saturated heterocycles. The summed E-state index contributed by atoms with van der Waals surface area (Å²) in [6.07, 6.45) is 12.8. The molecule has 68 valence electrons. The maximum atomic E-state index is 3.38. The summed E-state index contributed by atoms with van der Waals surface area (Å²) >= 11 is 0. The maximum absolute atomic E-state index is 3.38. The second-order valence-electron chi connectivity index (χ2n) is 3.81. The third-order valence-electron chi connectivity index (χ3n) is 2.56. The number of nitrogens with one attached hydrogen (secondary N) is 1. The summed E-state index contributed by atoms with van der Waals surface area (Å²) in [6, 6.07) is 0.412. The molecule has 1 unspecified atom stereocenters. The lowest BCUT2D eigenvalue weighted by atomic mass is 9.86. The van der Waals surface area contributed by atoms with E-state index in [4.69, 9.17) is 0 Å². The van der Waals surface area contributed by atoms with Crippen LogP contribution in [0.3, 0.4) is 0 Å². The van der Waals surface area contributed by atoms with Gasteiger partial charge in [-0.2, -0.15) is 0 Å². The van der Waals surface area contributed by atoms with E-state index >= 15 is 0 Å².